The number of carbonyl (C=O) groups is 1. The first-order chi connectivity index (χ1) is 15.4. The number of alkyl halides is 2. The molecule has 1 saturated heterocycles. The molecule has 0 radical (unpaired) electrons. The lowest BCUT2D eigenvalue weighted by Crippen LogP contribution is -2.55. The third kappa shape index (κ3) is 5.85. The van der Waals surface area contributed by atoms with E-state index in [0.717, 1.165) is 35.1 Å². The molecule has 0 unspecified atom stereocenters. The average molecular weight is 437 g/mol. The van der Waals surface area contributed by atoms with E-state index in [2.05, 4.69) is 15.3 Å². The van der Waals surface area contributed by atoms with E-state index in [1.54, 1.807) is 41.7 Å². The minimum Gasteiger partial charge on any atom is -0.404 e. The van der Waals surface area contributed by atoms with E-state index >= 15 is 0 Å². The zero-order valence-corrected chi connectivity index (χ0v) is 17.5. The molecule has 2 heterocycles. The number of pyridine rings is 1. The van der Waals surface area contributed by atoms with Gasteiger partial charge >= 0.3 is 0 Å². The molecule has 166 valence electrons. The molecular weight excluding hydrogens is 412 g/mol. The number of carbonyl (C=O) groups excluding carboxylic acids is 1. The third-order valence-electron chi connectivity index (χ3n) is 5.27. The average Bonchev–Trinajstić information content (AvgIpc) is 3.58. The number of amides is 1. The number of anilines is 1. The van der Waals surface area contributed by atoms with E-state index in [0.29, 0.717) is 18.3 Å². The lowest BCUT2D eigenvalue weighted by Gasteiger charge is -2.38. The number of benzene rings is 1. The van der Waals surface area contributed by atoms with Gasteiger partial charge in [-0.3, -0.25) is 19.7 Å². The van der Waals surface area contributed by atoms with Gasteiger partial charge in [0.05, 0.1) is 19.1 Å². The van der Waals surface area contributed by atoms with Crippen LogP contribution >= 0.6 is 0 Å². The largest absolute Gasteiger partial charge is 0.404 e. The van der Waals surface area contributed by atoms with Crippen LogP contribution in [0.5, 0.6) is 0 Å². The second kappa shape index (κ2) is 9.40. The highest BCUT2D eigenvalue weighted by atomic mass is 19.3. The Hall–Kier alpha value is -3.39. The van der Waals surface area contributed by atoms with Gasteiger partial charge in [-0.1, -0.05) is 12.1 Å². The number of aliphatic imine (C=N–C) groups is 1. The molecule has 0 atom stereocenters. The van der Waals surface area contributed by atoms with Crippen molar-refractivity contribution in [2.75, 3.05) is 18.4 Å². The van der Waals surface area contributed by atoms with Crippen LogP contribution in [0, 0.1) is 0 Å². The van der Waals surface area contributed by atoms with Gasteiger partial charge in [0.1, 0.15) is 0 Å². The monoisotopic (exact) mass is 437 g/mol. The third-order valence-corrected chi connectivity index (χ3v) is 5.27. The van der Waals surface area contributed by atoms with Gasteiger partial charge in [0.15, 0.2) is 0 Å². The van der Waals surface area contributed by atoms with Gasteiger partial charge in [-0.2, -0.15) is 0 Å². The molecule has 1 amide bonds. The topological polar surface area (TPSA) is 83.6 Å². The zero-order chi connectivity index (χ0) is 22.6. The number of hydrogen-bond donors (Lipinski definition) is 2. The summed E-state index contributed by atoms with van der Waals surface area (Å²) in [6.07, 6.45) is 11.9. The van der Waals surface area contributed by atoms with Crippen molar-refractivity contribution in [3.05, 3.63) is 71.7 Å². The number of allylic oxidation sites excluding steroid dienone is 1. The molecule has 1 aromatic heterocycles. The maximum absolute atomic E-state index is 12.9. The van der Waals surface area contributed by atoms with Crippen molar-refractivity contribution in [3.8, 4) is 0 Å². The Morgan fingerprint density at radius 2 is 2.00 bits per heavy atom. The quantitative estimate of drug-likeness (QED) is 0.487. The molecule has 0 spiro atoms. The van der Waals surface area contributed by atoms with Crippen molar-refractivity contribution < 1.29 is 13.6 Å². The van der Waals surface area contributed by atoms with Gasteiger partial charge in [-0.25, -0.2) is 8.78 Å². The van der Waals surface area contributed by atoms with Gasteiger partial charge < -0.3 is 11.1 Å². The summed E-state index contributed by atoms with van der Waals surface area (Å²) >= 11 is 0. The van der Waals surface area contributed by atoms with E-state index in [1.165, 1.54) is 12.3 Å². The predicted molar refractivity (Wildman–Crippen MR) is 122 cm³/mol. The minimum atomic E-state index is -2.57. The number of nitrogens with one attached hydrogen (secondary N) is 1. The Morgan fingerprint density at radius 3 is 2.66 bits per heavy atom. The molecule has 1 aliphatic heterocycles. The van der Waals surface area contributed by atoms with E-state index in [1.807, 2.05) is 18.2 Å². The van der Waals surface area contributed by atoms with Crippen LogP contribution in [0.1, 0.15) is 29.5 Å². The maximum Gasteiger partial charge on any atom is 0.272 e. The van der Waals surface area contributed by atoms with Crippen LogP contribution in [-0.4, -0.2) is 47.1 Å². The Balaban J connectivity index is 1.35. The molecule has 8 heteroatoms. The SMILES string of the molecule is NC=C(C=NC1CC1)c1ccncc1/C=C/C(=O)Nc1ccc(CN2CC(F)(F)C2)cc1. The molecule has 2 aromatic rings. The second-order valence-corrected chi connectivity index (χ2v) is 8.11. The first-order valence-corrected chi connectivity index (χ1v) is 10.5. The van der Waals surface area contributed by atoms with Crippen molar-refractivity contribution in [2.24, 2.45) is 10.7 Å². The van der Waals surface area contributed by atoms with Gasteiger partial charge in [-0.05, 0) is 48.2 Å². The number of nitrogens with two attached hydrogens (primary N) is 1. The molecule has 6 nitrogen and oxygen atoms in total. The zero-order valence-electron chi connectivity index (χ0n) is 17.5. The van der Waals surface area contributed by atoms with E-state index in [9.17, 15) is 13.6 Å². The van der Waals surface area contributed by atoms with Crippen LogP contribution in [0.4, 0.5) is 14.5 Å². The highest BCUT2D eigenvalue weighted by molar-refractivity contribution is 6.11. The summed E-state index contributed by atoms with van der Waals surface area (Å²) in [5, 5.41) is 2.80. The molecule has 0 bridgehead atoms. The summed E-state index contributed by atoms with van der Waals surface area (Å²) < 4.78 is 25.9. The normalized spacial score (nSPS) is 18.8. The number of nitrogens with zero attached hydrogens (tertiary/aromatic N) is 3. The summed E-state index contributed by atoms with van der Waals surface area (Å²) in [5.41, 5.74) is 9.71. The number of halogens is 2. The number of aromatic nitrogens is 1. The number of rotatable bonds is 8. The highest BCUT2D eigenvalue weighted by Gasteiger charge is 2.43. The Morgan fingerprint density at radius 1 is 1.25 bits per heavy atom. The molecule has 1 saturated carbocycles. The van der Waals surface area contributed by atoms with E-state index in [-0.39, 0.29) is 19.0 Å². The summed E-state index contributed by atoms with van der Waals surface area (Å²) in [6.45, 7) is 0.0504. The van der Waals surface area contributed by atoms with E-state index < -0.39 is 5.92 Å². The molecule has 32 heavy (non-hydrogen) atoms. The molecule has 4 rings (SSSR count). The van der Waals surface area contributed by atoms with Crippen LogP contribution in [0.15, 0.2) is 60.0 Å². The number of likely N-dealkylation sites (tertiary alicyclic amines) is 1. The fourth-order valence-corrected chi connectivity index (χ4v) is 3.43. The Bertz CT molecular complexity index is 1050. The molecule has 1 aromatic carbocycles. The van der Waals surface area contributed by atoms with E-state index in [4.69, 9.17) is 5.73 Å². The van der Waals surface area contributed by atoms with Crippen molar-refractivity contribution in [1.29, 1.82) is 0 Å². The smallest absolute Gasteiger partial charge is 0.272 e. The lowest BCUT2D eigenvalue weighted by molar-refractivity contribution is -0.133. The van der Waals surface area contributed by atoms with Crippen LogP contribution in [-0.2, 0) is 11.3 Å². The first kappa shape index (κ1) is 21.8. The summed E-state index contributed by atoms with van der Waals surface area (Å²) in [7, 11) is 0. The Kier molecular flexibility index (Phi) is 6.41. The molecule has 2 fully saturated rings. The van der Waals surface area contributed by atoms with Crippen molar-refractivity contribution in [2.45, 2.75) is 31.4 Å². The minimum absolute atomic E-state index is 0.208. The Labute approximate surface area is 185 Å². The first-order valence-electron chi connectivity index (χ1n) is 10.5. The summed E-state index contributed by atoms with van der Waals surface area (Å²) in [4.78, 5) is 22.7. The van der Waals surface area contributed by atoms with Gasteiger partial charge in [0.25, 0.3) is 5.92 Å². The van der Waals surface area contributed by atoms with Gasteiger partial charge in [-0.15, -0.1) is 0 Å². The standard InChI is InChI=1S/C24H25F2N5O/c25-24(26)15-31(16-24)14-17-1-4-21(5-2-17)30-23(32)8-3-18-12-28-10-9-22(18)19(11-27)13-29-20-6-7-20/h1-5,8-13,20H,6-7,14-16,27H2,(H,30,32)/b8-3+,19-11?,29-13?. The second-order valence-electron chi connectivity index (χ2n) is 8.11. The molecule has 2 aliphatic rings. The summed E-state index contributed by atoms with van der Waals surface area (Å²) in [6, 6.07) is 9.40. The molecule has 1 aliphatic carbocycles. The van der Waals surface area contributed by atoms with Crippen LogP contribution in [0.25, 0.3) is 11.6 Å². The molecule has 3 N–H and O–H groups in total. The van der Waals surface area contributed by atoms with Crippen molar-refractivity contribution in [1.82, 2.24) is 9.88 Å². The highest BCUT2D eigenvalue weighted by Crippen LogP contribution is 2.28. The van der Waals surface area contributed by atoms with Gasteiger partial charge in [0.2, 0.25) is 5.91 Å². The van der Waals surface area contributed by atoms with Crippen molar-refractivity contribution in [3.63, 3.8) is 0 Å². The number of hydrogen-bond acceptors (Lipinski definition) is 5. The predicted octanol–water partition coefficient (Wildman–Crippen LogP) is 3.72. The summed E-state index contributed by atoms with van der Waals surface area (Å²) in [5.74, 6) is -2.86. The van der Waals surface area contributed by atoms with Crippen LogP contribution < -0.4 is 11.1 Å². The fraction of sp³-hybridized carbons (Fsp3) is 0.292. The fourth-order valence-electron chi connectivity index (χ4n) is 3.43. The van der Waals surface area contributed by atoms with Crippen LogP contribution in [0.3, 0.4) is 0 Å². The van der Waals surface area contributed by atoms with Crippen LogP contribution in [0.2, 0.25) is 0 Å². The van der Waals surface area contributed by atoms with Gasteiger partial charge in [0, 0.05) is 54.3 Å². The maximum atomic E-state index is 12.9. The molecular formula is C24H25F2N5O. The lowest BCUT2D eigenvalue weighted by atomic mass is 10.0. The van der Waals surface area contributed by atoms with Crippen molar-refractivity contribution >= 4 is 29.5 Å².